The van der Waals surface area contributed by atoms with Crippen LogP contribution in [-0.4, -0.2) is 14.5 Å². The fraction of sp³-hybridized carbons (Fsp3) is 0.133. The first-order valence-electron chi connectivity index (χ1n) is 6.39. The molecule has 0 aliphatic heterocycles. The molecule has 6 heteroatoms. The maximum Gasteiger partial charge on any atom is 0.262 e. The quantitative estimate of drug-likeness (QED) is 0.743. The van der Waals surface area contributed by atoms with Crippen molar-refractivity contribution in [3.05, 3.63) is 68.9 Å². The number of aryl methyl sites for hydroxylation is 2. The van der Waals surface area contributed by atoms with Gasteiger partial charge in [-0.25, -0.2) is 4.98 Å². The van der Waals surface area contributed by atoms with Gasteiger partial charge in [-0.2, -0.15) is 0 Å². The summed E-state index contributed by atoms with van der Waals surface area (Å²) in [5, 5.41) is 1.18. The molecular formula is C15H11Cl2N3O. The molecular weight excluding hydrogens is 309 g/mol. The highest BCUT2D eigenvalue weighted by atomic mass is 35.5. The van der Waals surface area contributed by atoms with E-state index in [1.807, 2.05) is 18.2 Å². The largest absolute Gasteiger partial charge is 0.298 e. The number of hydrogen-bond acceptors (Lipinski definition) is 3. The summed E-state index contributed by atoms with van der Waals surface area (Å²) in [7, 11) is 0. The lowest BCUT2D eigenvalue weighted by molar-refractivity contribution is 0.654. The molecule has 0 aliphatic carbocycles. The standard InChI is InChI=1S/C15H11Cl2N3O/c16-10-7-12(17)14-13(8-10)19-9-20(15(14)21)6-4-11-3-1-2-5-18-11/h1-3,5,7-9H,4,6H2. The third kappa shape index (κ3) is 2.91. The van der Waals surface area contributed by atoms with Crippen molar-refractivity contribution in [3.63, 3.8) is 0 Å². The SMILES string of the molecule is O=c1c2c(Cl)cc(Cl)cc2ncn1CCc1ccccn1. The van der Waals surface area contributed by atoms with Crippen LogP contribution in [0.2, 0.25) is 10.0 Å². The van der Waals surface area contributed by atoms with Crippen LogP contribution in [0.25, 0.3) is 10.9 Å². The predicted octanol–water partition coefficient (Wildman–Crippen LogP) is 3.34. The molecule has 0 saturated carbocycles. The summed E-state index contributed by atoms with van der Waals surface area (Å²) in [5.41, 5.74) is 1.26. The average Bonchev–Trinajstić information content (AvgIpc) is 2.47. The van der Waals surface area contributed by atoms with Crippen molar-refractivity contribution < 1.29 is 0 Å². The Morgan fingerprint density at radius 1 is 1.14 bits per heavy atom. The number of halogens is 2. The van der Waals surface area contributed by atoms with Crippen LogP contribution in [0, 0.1) is 0 Å². The topological polar surface area (TPSA) is 47.8 Å². The molecule has 21 heavy (non-hydrogen) atoms. The number of nitrogens with zero attached hydrogens (tertiary/aromatic N) is 3. The first kappa shape index (κ1) is 14.0. The lowest BCUT2D eigenvalue weighted by Gasteiger charge is -2.07. The lowest BCUT2D eigenvalue weighted by atomic mass is 10.2. The second kappa shape index (κ2) is 5.84. The molecule has 0 aliphatic rings. The highest BCUT2D eigenvalue weighted by molar-refractivity contribution is 6.38. The molecule has 0 N–H and O–H groups in total. The fourth-order valence-corrected chi connectivity index (χ4v) is 2.71. The Morgan fingerprint density at radius 3 is 2.76 bits per heavy atom. The van der Waals surface area contributed by atoms with Crippen LogP contribution in [0.1, 0.15) is 5.69 Å². The molecule has 106 valence electrons. The molecule has 2 heterocycles. The zero-order valence-electron chi connectivity index (χ0n) is 11.0. The van der Waals surface area contributed by atoms with Gasteiger partial charge in [0.2, 0.25) is 0 Å². The van der Waals surface area contributed by atoms with Crippen LogP contribution >= 0.6 is 23.2 Å². The molecule has 0 radical (unpaired) electrons. The summed E-state index contributed by atoms with van der Waals surface area (Å²) in [5.74, 6) is 0. The molecule has 1 aromatic carbocycles. The lowest BCUT2D eigenvalue weighted by Crippen LogP contribution is -2.22. The van der Waals surface area contributed by atoms with Crippen molar-refractivity contribution in [1.82, 2.24) is 14.5 Å². The number of hydrogen-bond donors (Lipinski definition) is 0. The molecule has 3 rings (SSSR count). The minimum atomic E-state index is -0.169. The molecule has 0 atom stereocenters. The third-order valence-electron chi connectivity index (χ3n) is 3.18. The minimum absolute atomic E-state index is 0.169. The number of fused-ring (bicyclic) bond motifs is 1. The Labute approximate surface area is 131 Å². The van der Waals surface area contributed by atoms with E-state index in [-0.39, 0.29) is 5.56 Å². The van der Waals surface area contributed by atoms with Crippen LogP contribution in [0.3, 0.4) is 0 Å². The van der Waals surface area contributed by atoms with E-state index in [0.717, 1.165) is 5.69 Å². The first-order valence-corrected chi connectivity index (χ1v) is 7.15. The predicted molar refractivity (Wildman–Crippen MR) is 84.0 cm³/mol. The van der Waals surface area contributed by atoms with Crippen LogP contribution in [0.4, 0.5) is 0 Å². The summed E-state index contributed by atoms with van der Waals surface area (Å²) >= 11 is 12.0. The second-order valence-electron chi connectivity index (χ2n) is 4.60. The minimum Gasteiger partial charge on any atom is -0.298 e. The Kier molecular flexibility index (Phi) is 3.90. The van der Waals surface area contributed by atoms with Gasteiger partial charge in [0.15, 0.2) is 0 Å². The highest BCUT2D eigenvalue weighted by Crippen LogP contribution is 2.23. The number of aromatic nitrogens is 3. The molecule has 0 unspecified atom stereocenters. The normalized spacial score (nSPS) is 11.0. The van der Waals surface area contributed by atoms with E-state index in [4.69, 9.17) is 23.2 Å². The average molecular weight is 320 g/mol. The summed E-state index contributed by atoms with van der Waals surface area (Å²) in [6.07, 6.45) is 3.90. The van der Waals surface area contributed by atoms with Gasteiger partial charge in [-0.1, -0.05) is 29.3 Å². The number of benzene rings is 1. The number of pyridine rings is 1. The number of rotatable bonds is 3. The van der Waals surface area contributed by atoms with Crippen LogP contribution in [0.15, 0.2) is 47.7 Å². The van der Waals surface area contributed by atoms with E-state index >= 15 is 0 Å². The zero-order valence-corrected chi connectivity index (χ0v) is 12.5. The van der Waals surface area contributed by atoms with E-state index in [1.165, 1.54) is 10.9 Å². The molecule has 3 aromatic rings. The van der Waals surface area contributed by atoms with E-state index in [2.05, 4.69) is 9.97 Å². The molecule has 0 fully saturated rings. The maximum atomic E-state index is 12.5. The van der Waals surface area contributed by atoms with E-state index < -0.39 is 0 Å². The van der Waals surface area contributed by atoms with E-state index in [9.17, 15) is 4.79 Å². The van der Waals surface area contributed by atoms with Crippen LogP contribution in [-0.2, 0) is 13.0 Å². The van der Waals surface area contributed by atoms with Gasteiger partial charge in [-0.3, -0.25) is 14.3 Å². The van der Waals surface area contributed by atoms with E-state index in [0.29, 0.717) is 33.9 Å². The van der Waals surface area contributed by atoms with Gasteiger partial charge in [0, 0.05) is 29.9 Å². The van der Waals surface area contributed by atoms with Gasteiger partial charge >= 0.3 is 0 Å². The van der Waals surface area contributed by atoms with Gasteiger partial charge < -0.3 is 0 Å². The summed E-state index contributed by atoms with van der Waals surface area (Å²) < 4.78 is 1.54. The Hall–Kier alpha value is -1.91. The van der Waals surface area contributed by atoms with Crippen molar-refractivity contribution in [2.45, 2.75) is 13.0 Å². The van der Waals surface area contributed by atoms with Crippen molar-refractivity contribution in [2.75, 3.05) is 0 Å². The van der Waals surface area contributed by atoms with Crippen molar-refractivity contribution in [2.24, 2.45) is 0 Å². The third-order valence-corrected chi connectivity index (χ3v) is 3.70. The molecule has 4 nitrogen and oxygen atoms in total. The van der Waals surface area contributed by atoms with Gasteiger partial charge in [0.25, 0.3) is 5.56 Å². The molecule has 0 saturated heterocycles. The van der Waals surface area contributed by atoms with Gasteiger partial charge in [-0.05, 0) is 24.3 Å². The Morgan fingerprint density at radius 2 is 2.00 bits per heavy atom. The zero-order chi connectivity index (χ0) is 14.8. The van der Waals surface area contributed by atoms with Gasteiger partial charge in [-0.15, -0.1) is 0 Å². The van der Waals surface area contributed by atoms with Gasteiger partial charge in [0.1, 0.15) is 0 Å². The Balaban J connectivity index is 1.97. The van der Waals surface area contributed by atoms with E-state index in [1.54, 1.807) is 18.3 Å². The second-order valence-corrected chi connectivity index (χ2v) is 5.44. The highest BCUT2D eigenvalue weighted by Gasteiger charge is 2.09. The van der Waals surface area contributed by atoms with Crippen molar-refractivity contribution in [3.8, 4) is 0 Å². The summed E-state index contributed by atoms with van der Waals surface area (Å²) in [6.45, 7) is 0.498. The molecule has 0 amide bonds. The Bertz CT molecular complexity index is 847. The van der Waals surface area contributed by atoms with Crippen molar-refractivity contribution >= 4 is 34.1 Å². The molecule has 0 spiro atoms. The summed E-state index contributed by atoms with van der Waals surface area (Å²) in [4.78, 5) is 20.9. The van der Waals surface area contributed by atoms with Gasteiger partial charge in [0.05, 0.1) is 22.3 Å². The van der Waals surface area contributed by atoms with Crippen LogP contribution in [0.5, 0.6) is 0 Å². The fourth-order valence-electron chi connectivity index (χ4n) is 2.14. The smallest absolute Gasteiger partial charge is 0.262 e. The molecule has 2 aromatic heterocycles. The summed E-state index contributed by atoms with van der Waals surface area (Å²) in [6, 6.07) is 8.89. The molecule has 0 bridgehead atoms. The first-order chi connectivity index (χ1) is 10.1. The van der Waals surface area contributed by atoms with Crippen LogP contribution < -0.4 is 5.56 Å². The monoisotopic (exact) mass is 319 g/mol. The maximum absolute atomic E-state index is 12.5. The van der Waals surface area contributed by atoms with Crippen molar-refractivity contribution in [1.29, 1.82) is 0 Å².